The van der Waals surface area contributed by atoms with Gasteiger partial charge in [0.05, 0.1) is 6.04 Å². The van der Waals surface area contributed by atoms with E-state index in [4.69, 9.17) is 15.2 Å². The Morgan fingerprint density at radius 3 is 2.18 bits per heavy atom. The minimum absolute atomic E-state index is 0.0213. The zero-order chi connectivity index (χ0) is 21.4. The maximum atomic E-state index is 12.2. The molecule has 0 saturated heterocycles. The summed E-state index contributed by atoms with van der Waals surface area (Å²) in [6.07, 6.45) is 0.596. The van der Waals surface area contributed by atoms with Crippen LogP contribution in [0.2, 0.25) is 0 Å². The Morgan fingerprint density at radius 2 is 1.68 bits per heavy atom. The average Bonchev–Trinajstić information content (AvgIpc) is 2.60. The van der Waals surface area contributed by atoms with Crippen LogP contribution in [0.4, 0.5) is 0 Å². The minimum Gasteiger partial charge on any atom is -0.480 e. The lowest BCUT2D eigenvalue weighted by molar-refractivity contribution is -0.142. The number of benzene rings is 1. The summed E-state index contributed by atoms with van der Waals surface area (Å²) in [5.74, 6) is -3.12. The number of rotatable bonds is 9. The topological polar surface area (TPSA) is 145 Å². The Hall–Kier alpha value is -2.94. The van der Waals surface area contributed by atoms with Crippen LogP contribution < -0.4 is 20.5 Å². The highest BCUT2D eigenvalue weighted by Gasteiger charge is 2.26. The second kappa shape index (κ2) is 10.4. The molecule has 0 unspecified atom stereocenters. The lowest BCUT2D eigenvalue weighted by Crippen LogP contribution is -2.51. The van der Waals surface area contributed by atoms with Gasteiger partial charge in [0.25, 0.3) is 0 Å². The van der Waals surface area contributed by atoms with Crippen LogP contribution in [-0.4, -0.2) is 41.0 Å². The van der Waals surface area contributed by atoms with Crippen LogP contribution in [0.3, 0.4) is 0 Å². The summed E-state index contributed by atoms with van der Waals surface area (Å²) >= 11 is 0. The number of nitrogens with one attached hydrogen (secondary N) is 1. The molecule has 0 aliphatic rings. The summed E-state index contributed by atoms with van der Waals surface area (Å²) < 4.78 is 9.99. The van der Waals surface area contributed by atoms with Gasteiger partial charge in [0.1, 0.15) is 6.04 Å². The number of hydrogen-bond donors (Lipinski definition) is 3. The van der Waals surface area contributed by atoms with Crippen molar-refractivity contribution in [2.24, 2.45) is 11.7 Å². The van der Waals surface area contributed by atoms with E-state index in [1.54, 1.807) is 6.92 Å². The molecule has 0 heterocycles. The van der Waals surface area contributed by atoms with E-state index in [1.807, 2.05) is 6.92 Å². The fourth-order valence-electron chi connectivity index (χ4n) is 2.37. The SMILES string of the molecule is CC[C@H](C)[C@H](N)C(=O)N[C@@H](Cc1ccc(OC(C)=O)c(OC(C)=O)c1)C(=O)O. The van der Waals surface area contributed by atoms with Crippen LogP contribution in [0.5, 0.6) is 11.5 Å². The number of amides is 1. The summed E-state index contributed by atoms with van der Waals surface area (Å²) in [6, 6.07) is 2.24. The molecule has 1 aromatic rings. The molecule has 3 atom stereocenters. The predicted molar refractivity (Wildman–Crippen MR) is 99.8 cm³/mol. The molecule has 0 spiro atoms. The number of aliphatic carboxylic acids is 1. The Labute approximate surface area is 163 Å². The van der Waals surface area contributed by atoms with E-state index in [1.165, 1.54) is 32.0 Å². The average molecular weight is 394 g/mol. The third kappa shape index (κ3) is 6.99. The van der Waals surface area contributed by atoms with Gasteiger partial charge in [0, 0.05) is 20.3 Å². The first-order chi connectivity index (χ1) is 13.0. The third-order valence-electron chi connectivity index (χ3n) is 4.13. The molecule has 0 aromatic heterocycles. The van der Waals surface area contributed by atoms with Crippen LogP contribution in [0.1, 0.15) is 39.7 Å². The first-order valence-corrected chi connectivity index (χ1v) is 8.83. The predicted octanol–water partition coefficient (Wildman–Crippen LogP) is 1.02. The van der Waals surface area contributed by atoms with Gasteiger partial charge in [-0.15, -0.1) is 0 Å². The van der Waals surface area contributed by atoms with Gasteiger partial charge >= 0.3 is 17.9 Å². The van der Waals surface area contributed by atoms with E-state index in [9.17, 15) is 24.3 Å². The quantitative estimate of drug-likeness (QED) is 0.416. The zero-order valence-corrected chi connectivity index (χ0v) is 16.4. The van der Waals surface area contributed by atoms with Gasteiger partial charge in [-0.25, -0.2) is 4.79 Å². The molecular weight excluding hydrogens is 368 g/mol. The molecule has 1 aromatic carbocycles. The number of esters is 2. The van der Waals surface area contributed by atoms with Crippen LogP contribution in [0.25, 0.3) is 0 Å². The number of carboxylic acids is 1. The molecule has 28 heavy (non-hydrogen) atoms. The van der Waals surface area contributed by atoms with Crippen LogP contribution >= 0.6 is 0 Å². The van der Waals surface area contributed by atoms with Crippen molar-refractivity contribution >= 4 is 23.8 Å². The molecule has 9 heteroatoms. The molecule has 9 nitrogen and oxygen atoms in total. The summed E-state index contributed by atoms with van der Waals surface area (Å²) in [7, 11) is 0. The van der Waals surface area contributed by atoms with E-state index < -0.39 is 35.9 Å². The highest BCUT2D eigenvalue weighted by molar-refractivity contribution is 5.87. The molecule has 1 amide bonds. The Kier molecular flexibility index (Phi) is 8.59. The fourth-order valence-corrected chi connectivity index (χ4v) is 2.37. The van der Waals surface area contributed by atoms with E-state index in [0.717, 1.165) is 0 Å². The molecule has 0 aliphatic carbocycles. The van der Waals surface area contributed by atoms with Crippen molar-refractivity contribution in [3.8, 4) is 11.5 Å². The van der Waals surface area contributed by atoms with Gasteiger partial charge in [-0.05, 0) is 23.6 Å². The lowest BCUT2D eigenvalue weighted by atomic mass is 9.98. The number of carboxylic acid groups (broad SMARTS) is 1. The maximum Gasteiger partial charge on any atom is 0.326 e. The van der Waals surface area contributed by atoms with Gasteiger partial charge in [-0.1, -0.05) is 26.3 Å². The first-order valence-electron chi connectivity index (χ1n) is 8.83. The summed E-state index contributed by atoms with van der Waals surface area (Å²) in [6.45, 7) is 6.07. The molecule has 4 N–H and O–H groups in total. The van der Waals surface area contributed by atoms with Crippen molar-refractivity contribution in [3.63, 3.8) is 0 Å². The highest BCUT2D eigenvalue weighted by atomic mass is 16.6. The van der Waals surface area contributed by atoms with Gasteiger partial charge in [0.2, 0.25) is 5.91 Å². The van der Waals surface area contributed by atoms with Crippen molar-refractivity contribution in [2.45, 2.75) is 52.6 Å². The standard InChI is InChI=1S/C19H26N2O7/c1-5-10(2)17(20)18(24)21-14(19(25)26)8-13-6-7-15(27-11(3)22)16(9-13)28-12(4)23/h6-7,9-10,14,17H,5,8,20H2,1-4H3,(H,21,24)(H,25,26)/t10-,14-,17-/m0/s1. The number of carbonyl (C=O) groups excluding carboxylic acids is 3. The number of nitrogens with two attached hydrogens (primary N) is 1. The van der Waals surface area contributed by atoms with E-state index in [2.05, 4.69) is 5.32 Å². The molecule has 154 valence electrons. The van der Waals surface area contributed by atoms with E-state index >= 15 is 0 Å². The Bertz CT molecular complexity index is 748. The molecule has 0 fully saturated rings. The third-order valence-corrected chi connectivity index (χ3v) is 4.13. The monoisotopic (exact) mass is 394 g/mol. The molecule has 0 radical (unpaired) electrons. The van der Waals surface area contributed by atoms with Crippen molar-refractivity contribution in [2.75, 3.05) is 0 Å². The van der Waals surface area contributed by atoms with E-state index in [-0.39, 0.29) is 23.8 Å². The van der Waals surface area contributed by atoms with Gasteiger partial charge in [-0.3, -0.25) is 14.4 Å². The van der Waals surface area contributed by atoms with E-state index in [0.29, 0.717) is 12.0 Å². The second-order valence-corrected chi connectivity index (χ2v) is 6.48. The molecular formula is C19H26N2O7. The molecule has 1 rings (SSSR count). The molecule has 0 bridgehead atoms. The zero-order valence-electron chi connectivity index (χ0n) is 16.4. The first kappa shape index (κ1) is 23.1. The summed E-state index contributed by atoms with van der Waals surface area (Å²) in [5.41, 5.74) is 6.30. The van der Waals surface area contributed by atoms with Crippen LogP contribution in [-0.2, 0) is 25.6 Å². The van der Waals surface area contributed by atoms with Crippen molar-refractivity contribution in [3.05, 3.63) is 23.8 Å². The number of hydrogen-bond acceptors (Lipinski definition) is 7. The minimum atomic E-state index is -1.23. The number of ether oxygens (including phenoxy) is 2. The van der Waals surface area contributed by atoms with Crippen LogP contribution in [0.15, 0.2) is 18.2 Å². The highest BCUT2D eigenvalue weighted by Crippen LogP contribution is 2.29. The summed E-state index contributed by atoms with van der Waals surface area (Å²) in [4.78, 5) is 46.2. The lowest BCUT2D eigenvalue weighted by Gasteiger charge is -2.21. The van der Waals surface area contributed by atoms with Crippen LogP contribution in [0, 0.1) is 5.92 Å². The summed E-state index contributed by atoms with van der Waals surface area (Å²) in [5, 5.41) is 11.9. The van der Waals surface area contributed by atoms with Crippen molar-refractivity contribution < 1.29 is 33.8 Å². The van der Waals surface area contributed by atoms with Gasteiger partial charge < -0.3 is 25.6 Å². The molecule has 0 saturated carbocycles. The maximum absolute atomic E-state index is 12.2. The normalized spacial score (nSPS) is 13.8. The van der Waals surface area contributed by atoms with Gasteiger partial charge in [0.15, 0.2) is 11.5 Å². The fraction of sp³-hybridized carbons (Fsp3) is 0.474. The smallest absolute Gasteiger partial charge is 0.326 e. The van der Waals surface area contributed by atoms with Crippen molar-refractivity contribution in [1.29, 1.82) is 0 Å². The largest absolute Gasteiger partial charge is 0.480 e. The second-order valence-electron chi connectivity index (χ2n) is 6.48. The molecule has 0 aliphatic heterocycles. The Balaban J connectivity index is 3.03. The number of carbonyl (C=O) groups is 4. The van der Waals surface area contributed by atoms with Crippen molar-refractivity contribution in [1.82, 2.24) is 5.32 Å². The van der Waals surface area contributed by atoms with Gasteiger partial charge in [-0.2, -0.15) is 0 Å². The Morgan fingerprint density at radius 1 is 1.11 bits per heavy atom.